The molecule has 1 fully saturated rings. The van der Waals surface area contributed by atoms with Crippen molar-refractivity contribution >= 4 is 46.9 Å². The van der Waals surface area contributed by atoms with Crippen molar-refractivity contribution in [2.45, 2.75) is 22.8 Å². The summed E-state index contributed by atoms with van der Waals surface area (Å²) in [7, 11) is 0. The van der Waals surface area contributed by atoms with Gasteiger partial charge in [0.15, 0.2) is 0 Å². The van der Waals surface area contributed by atoms with Crippen molar-refractivity contribution in [1.82, 2.24) is 5.32 Å². The lowest BCUT2D eigenvalue weighted by molar-refractivity contribution is -0.134. The molecule has 0 radical (unpaired) electrons. The van der Waals surface area contributed by atoms with E-state index in [2.05, 4.69) is 47.4 Å². The summed E-state index contributed by atoms with van der Waals surface area (Å²) in [6.45, 7) is 2.19. The van der Waals surface area contributed by atoms with E-state index in [1.165, 1.54) is 29.5 Å². The molecule has 2 aliphatic heterocycles. The van der Waals surface area contributed by atoms with Gasteiger partial charge in [0.1, 0.15) is 0 Å². The van der Waals surface area contributed by atoms with E-state index in [0.717, 1.165) is 13.1 Å². The smallest absolute Gasteiger partial charge is 0.328 e. The quantitative estimate of drug-likeness (QED) is 0.545. The number of nitrogens with one attached hydrogen (secondary N) is 1. The highest BCUT2D eigenvalue weighted by Crippen LogP contribution is 2.60. The second kappa shape index (κ2) is 9.88. The normalized spacial score (nSPS) is 19.2. The summed E-state index contributed by atoms with van der Waals surface area (Å²) in [5.41, 5.74) is 4.20. The van der Waals surface area contributed by atoms with Gasteiger partial charge < -0.3 is 15.5 Å². The van der Waals surface area contributed by atoms with Gasteiger partial charge in [-0.25, -0.2) is 9.59 Å². The first kappa shape index (κ1) is 22.7. The first-order valence-corrected chi connectivity index (χ1v) is 11.0. The fraction of sp³-hybridized carbons (Fsp3) is 0.273. The molecule has 2 heterocycles. The minimum Gasteiger partial charge on any atom is -0.478 e. The van der Waals surface area contributed by atoms with Crippen LogP contribution in [0, 0.1) is 0 Å². The van der Waals surface area contributed by atoms with Crippen molar-refractivity contribution in [1.29, 1.82) is 0 Å². The predicted molar refractivity (Wildman–Crippen MR) is 121 cm³/mol. The first-order valence-electron chi connectivity index (χ1n) is 9.39. The Kier molecular flexibility index (Phi) is 7.47. The Morgan fingerprint density at radius 3 is 2.23 bits per heavy atom. The van der Waals surface area contributed by atoms with Crippen molar-refractivity contribution in [2.24, 2.45) is 0 Å². The van der Waals surface area contributed by atoms with E-state index in [1.54, 1.807) is 0 Å². The Bertz CT molecular complexity index is 957. The maximum absolute atomic E-state index is 9.55. The highest BCUT2D eigenvalue weighted by atomic mass is 35.5. The van der Waals surface area contributed by atoms with Gasteiger partial charge in [0.05, 0.1) is 15.3 Å². The molecule has 2 aromatic carbocycles. The van der Waals surface area contributed by atoms with Crippen LogP contribution in [0.25, 0.3) is 0 Å². The molecule has 1 saturated heterocycles. The topological polar surface area (TPSA) is 86.6 Å². The average Bonchev–Trinajstić information content (AvgIpc) is 3.04. The Hall–Kier alpha value is -1.99. The van der Waals surface area contributed by atoms with Gasteiger partial charge in [0.2, 0.25) is 0 Å². The maximum atomic E-state index is 9.55. The Morgan fingerprint density at radius 2 is 1.63 bits per heavy atom. The minimum atomic E-state index is -1.26. The summed E-state index contributed by atoms with van der Waals surface area (Å²) in [5, 5.41) is 20.7. The molecule has 1 spiro atoms. The SMILES string of the molecule is Clc1ccc(C2SC3(CCNCC3)c3ccccc32)cc1Cl.O=C(O)/C=C\C(=O)O. The van der Waals surface area contributed by atoms with Crippen LogP contribution in [0.15, 0.2) is 54.6 Å². The maximum Gasteiger partial charge on any atom is 0.328 e. The summed E-state index contributed by atoms with van der Waals surface area (Å²) in [6.07, 6.45) is 3.49. The summed E-state index contributed by atoms with van der Waals surface area (Å²) in [4.78, 5) is 19.1. The third kappa shape index (κ3) is 5.19. The van der Waals surface area contributed by atoms with Crippen LogP contribution in [0.4, 0.5) is 0 Å². The molecule has 0 bridgehead atoms. The number of halogens is 2. The fourth-order valence-electron chi connectivity index (χ4n) is 3.78. The van der Waals surface area contributed by atoms with Crippen LogP contribution in [-0.4, -0.2) is 35.2 Å². The highest BCUT2D eigenvalue weighted by Gasteiger charge is 2.45. The third-order valence-electron chi connectivity index (χ3n) is 5.10. The zero-order valence-corrected chi connectivity index (χ0v) is 18.3. The molecule has 4 rings (SSSR count). The average molecular weight is 466 g/mol. The van der Waals surface area contributed by atoms with Crippen molar-refractivity contribution in [3.05, 3.63) is 81.4 Å². The van der Waals surface area contributed by atoms with Crippen LogP contribution in [0.3, 0.4) is 0 Å². The predicted octanol–water partition coefficient (Wildman–Crippen LogP) is 5.12. The number of carboxylic acids is 2. The highest BCUT2D eigenvalue weighted by molar-refractivity contribution is 8.01. The summed E-state index contributed by atoms with van der Waals surface area (Å²) < 4.78 is 0.249. The molecule has 0 amide bonds. The Labute approximate surface area is 189 Å². The number of hydrogen-bond acceptors (Lipinski definition) is 4. The van der Waals surface area contributed by atoms with Gasteiger partial charge in [-0.1, -0.05) is 53.5 Å². The number of fused-ring (bicyclic) bond motifs is 2. The van der Waals surface area contributed by atoms with Crippen molar-refractivity contribution < 1.29 is 19.8 Å². The van der Waals surface area contributed by atoms with Crippen LogP contribution in [0.1, 0.15) is 34.8 Å². The number of carbonyl (C=O) groups is 2. The number of piperidine rings is 1. The molecule has 2 aromatic rings. The van der Waals surface area contributed by atoms with Gasteiger partial charge in [0.25, 0.3) is 0 Å². The van der Waals surface area contributed by atoms with Gasteiger partial charge in [-0.15, -0.1) is 11.8 Å². The fourth-order valence-corrected chi connectivity index (χ4v) is 5.90. The van der Waals surface area contributed by atoms with Crippen LogP contribution >= 0.6 is 35.0 Å². The number of rotatable bonds is 3. The van der Waals surface area contributed by atoms with Crippen LogP contribution < -0.4 is 5.32 Å². The first-order chi connectivity index (χ1) is 14.3. The van der Waals surface area contributed by atoms with Gasteiger partial charge in [-0.2, -0.15) is 0 Å². The summed E-state index contributed by atoms with van der Waals surface area (Å²) in [6, 6.07) is 14.9. The molecular weight excluding hydrogens is 445 g/mol. The lowest BCUT2D eigenvalue weighted by Gasteiger charge is -2.34. The summed E-state index contributed by atoms with van der Waals surface area (Å²) in [5.74, 6) is -2.51. The zero-order valence-electron chi connectivity index (χ0n) is 16.0. The molecule has 8 heteroatoms. The molecule has 1 unspecified atom stereocenters. The Morgan fingerprint density at radius 1 is 1.00 bits per heavy atom. The molecule has 5 nitrogen and oxygen atoms in total. The largest absolute Gasteiger partial charge is 0.478 e. The van der Waals surface area contributed by atoms with Crippen LogP contribution in [-0.2, 0) is 14.3 Å². The number of aliphatic carboxylic acids is 2. The van der Waals surface area contributed by atoms with E-state index in [4.69, 9.17) is 33.4 Å². The van der Waals surface area contributed by atoms with Crippen molar-refractivity contribution in [2.75, 3.05) is 13.1 Å². The monoisotopic (exact) mass is 465 g/mol. The van der Waals surface area contributed by atoms with E-state index in [1.807, 2.05) is 12.1 Å². The van der Waals surface area contributed by atoms with E-state index >= 15 is 0 Å². The van der Waals surface area contributed by atoms with Gasteiger partial charge in [-0.05, 0) is 54.8 Å². The van der Waals surface area contributed by atoms with E-state index in [-0.39, 0.29) is 4.75 Å². The standard InChI is InChI=1S/C18H17Cl2NS.C4H4O4/c19-15-6-5-12(11-16(15)20)17-13-3-1-2-4-14(13)18(22-17)7-9-21-10-8-18;5-3(6)1-2-4(7)8/h1-6,11,17,21H,7-10H2;1-2H,(H,5,6)(H,7,8)/b;2-1-. The molecule has 0 aromatic heterocycles. The molecule has 2 aliphatic rings. The Balaban J connectivity index is 0.000000275. The molecule has 3 N–H and O–H groups in total. The van der Waals surface area contributed by atoms with E-state index < -0.39 is 11.9 Å². The molecule has 0 saturated carbocycles. The van der Waals surface area contributed by atoms with Crippen molar-refractivity contribution in [3.8, 4) is 0 Å². The summed E-state index contributed by atoms with van der Waals surface area (Å²) >= 11 is 14.4. The third-order valence-corrected chi connectivity index (χ3v) is 7.68. The molecule has 158 valence electrons. The lowest BCUT2D eigenvalue weighted by atomic mass is 9.85. The van der Waals surface area contributed by atoms with Gasteiger partial charge in [0, 0.05) is 16.9 Å². The van der Waals surface area contributed by atoms with Crippen LogP contribution in [0.5, 0.6) is 0 Å². The number of carboxylic acid groups (broad SMARTS) is 2. The second-order valence-corrected chi connectivity index (χ2v) is 9.32. The minimum absolute atomic E-state index is 0.249. The molecule has 1 atom stereocenters. The zero-order chi connectivity index (χ0) is 21.7. The van der Waals surface area contributed by atoms with Gasteiger partial charge >= 0.3 is 11.9 Å². The van der Waals surface area contributed by atoms with Gasteiger partial charge in [-0.3, -0.25) is 0 Å². The second-order valence-electron chi connectivity index (χ2n) is 7.01. The molecular formula is C22H21Cl2NO4S. The number of benzene rings is 2. The van der Waals surface area contributed by atoms with Crippen molar-refractivity contribution in [3.63, 3.8) is 0 Å². The van der Waals surface area contributed by atoms with E-state index in [0.29, 0.717) is 27.4 Å². The number of thioether (sulfide) groups is 1. The lowest BCUT2D eigenvalue weighted by Crippen LogP contribution is -2.36. The molecule has 0 aliphatic carbocycles. The van der Waals surface area contributed by atoms with Crippen LogP contribution in [0.2, 0.25) is 10.0 Å². The number of hydrogen-bond donors (Lipinski definition) is 3. The van der Waals surface area contributed by atoms with E-state index in [9.17, 15) is 9.59 Å². The molecule has 30 heavy (non-hydrogen) atoms.